The highest BCUT2D eigenvalue weighted by molar-refractivity contribution is 9.10. The molecule has 3 rings (SSSR count). The van der Waals surface area contributed by atoms with Crippen molar-refractivity contribution in [2.45, 2.75) is 19.6 Å². The maximum Gasteiger partial charge on any atom is 0.250 e. The molecule has 0 radical (unpaired) electrons. The lowest BCUT2D eigenvalue weighted by Gasteiger charge is -2.08. The molecular formula is C23H24BrN3O2S. The Hall–Kier alpha value is -2.51. The molecule has 7 heteroatoms. The summed E-state index contributed by atoms with van der Waals surface area (Å²) in [4.78, 5) is 12.1. The van der Waals surface area contributed by atoms with E-state index in [9.17, 15) is 4.79 Å². The van der Waals surface area contributed by atoms with Gasteiger partial charge in [0.1, 0.15) is 5.75 Å². The van der Waals surface area contributed by atoms with Crippen LogP contribution in [0.1, 0.15) is 22.5 Å². The predicted octanol–water partition coefficient (Wildman–Crippen LogP) is 5.25. The van der Waals surface area contributed by atoms with Crippen LogP contribution in [-0.2, 0) is 10.5 Å². The number of rotatable bonds is 8. The van der Waals surface area contributed by atoms with Gasteiger partial charge in [-0.3, -0.25) is 4.79 Å². The number of nitrogens with zero attached hydrogens (tertiary/aromatic N) is 2. The highest BCUT2D eigenvalue weighted by Gasteiger charge is 2.15. The van der Waals surface area contributed by atoms with Gasteiger partial charge in [0.2, 0.25) is 5.91 Å². The molecule has 1 aromatic heterocycles. The first-order chi connectivity index (χ1) is 14.5. The van der Waals surface area contributed by atoms with Crippen LogP contribution < -0.4 is 10.2 Å². The maximum atomic E-state index is 12.1. The quantitative estimate of drug-likeness (QED) is 0.350. The molecule has 156 valence electrons. The third-order valence-electron chi connectivity index (χ3n) is 4.67. The highest BCUT2D eigenvalue weighted by atomic mass is 79.9. The molecule has 0 fully saturated rings. The monoisotopic (exact) mass is 485 g/mol. The smallest absolute Gasteiger partial charge is 0.250 e. The van der Waals surface area contributed by atoms with Gasteiger partial charge in [-0.15, -0.1) is 11.8 Å². The van der Waals surface area contributed by atoms with Gasteiger partial charge in [0, 0.05) is 32.9 Å². The minimum Gasteiger partial charge on any atom is -0.497 e. The summed E-state index contributed by atoms with van der Waals surface area (Å²) in [5.41, 5.74) is 7.94. The molecule has 1 heterocycles. The molecule has 0 spiro atoms. The normalized spacial score (nSPS) is 11.1. The van der Waals surface area contributed by atoms with Crippen molar-refractivity contribution in [1.29, 1.82) is 0 Å². The van der Waals surface area contributed by atoms with Gasteiger partial charge in [-0.25, -0.2) is 5.43 Å². The number of hydrazone groups is 1. The van der Waals surface area contributed by atoms with Gasteiger partial charge in [0.05, 0.1) is 19.1 Å². The Morgan fingerprint density at radius 3 is 2.50 bits per heavy atom. The number of halogens is 1. The molecule has 2 aromatic carbocycles. The van der Waals surface area contributed by atoms with E-state index < -0.39 is 0 Å². The lowest BCUT2D eigenvalue weighted by molar-refractivity contribution is -0.118. The van der Waals surface area contributed by atoms with Crippen molar-refractivity contribution in [2.75, 3.05) is 12.9 Å². The van der Waals surface area contributed by atoms with Crippen molar-refractivity contribution >= 4 is 39.8 Å². The topological polar surface area (TPSA) is 55.6 Å². The summed E-state index contributed by atoms with van der Waals surface area (Å²) in [6.07, 6.45) is 1.69. The van der Waals surface area contributed by atoms with E-state index in [2.05, 4.69) is 50.1 Å². The molecule has 0 atom stereocenters. The van der Waals surface area contributed by atoms with Gasteiger partial charge in [0.25, 0.3) is 0 Å². The summed E-state index contributed by atoms with van der Waals surface area (Å²) in [6.45, 7) is 4.09. The van der Waals surface area contributed by atoms with E-state index in [0.717, 1.165) is 44.2 Å². The highest BCUT2D eigenvalue weighted by Crippen LogP contribution is 2.29. The van der Waals surface area contributed by atoms with E-state index in [1.807, 2.05) is 49.4 Å². The van der Waals surface area contributed by atoms with Crippen molar-refractivity contribution < 1.29 is 9.53 Å². The number of aromatic nitrogens is 1. The van der Waals surface area contributed by atoms with Crippen LogP contribution >= 0.6 is 27.7 Å². The van der Waals surface area contributed by atoms with Gasteiger partial charge in [-0.05, 0) is 59.6 Å². The van der Waals surface area contributed by atoms with Crippen LogP contribution in [0.15, 0.2) is 64.2 Å². The first-order valence-electron chi connectivity index (χ1n) is 9.46. The molecule has 0 saturated heterocycles. The van der Waals surface area contributed by atoms with E-state index in [-0.39, 0.29) is 5.91 Å². The third-order valence-corrected chi connectivity index (χ3v) is 6.68. The Bertz CT molecular complexity index is 1030. The van der Waals surface area contributed by atoms with Gasteiger partial charge in [-0.2, -0.15) is 5.10 Å². The Kier molecular flexibility index (Phi) is 7.76. The lowest BCUT2D eigenvalue weighted by atomic mass is 10.2. The van der Waals surface area contributed by atoms with Crippen molar-refractivity contribution in [3.63, 3.8) is 0 Å². The molecule has 1 amide bonds. The fourth-order valence-corrected chi connectivity index (χ4v) is 4.47. The van der Waals surface area contributed by atoms with E-state index >= 15 is 0 Å². The van der Waals surface area contributed by atoms with Crippen molar-refractivity contribution in [3.8, 4) is 11.4 Å². The van der Waals surface area contributed by atoms with E-state index in [4.69, 9.17) is 4.74 Å². The number of para-hydroxylation sites is 1. The van der Waals surface area contributed by atoms with Crippen LogP contribution in [0.2, 0.25) is 0 Å². The third kappa shape index (κ3) is 5.34. The number of hydrogen-bond donors (Lipinski definition) is 1. The molecule has 0 aliphatic rings. The predicted molar refractivity (Wildman–Crippen MR) is 128 cm³/mol. The SMILES string of the molecule is COc1ccc(CSCC(=O)N/N=C\c2c(Br)c(C)n(-c3ccccc3)c2C)cc1. The fraction of sp³-hybridized carbons (Fsp3) is 0.217. The number of carbonyl (C=O) groups is 1. The molecular weight excluding hydrogens is 462 g/mol. The Labute approximate surface area is 189 Å². The first kappa shape index (κ1) is 22.2. The Balaban J connectivity index is 1.56. The van der Waals surface area contributed by atoms with Crippen LogP contribution in [0.4, 0.5) is 0 Å². The molecule has 3 aromatic rings. The van der Waals surface area contributed by atoms with Gasteiger partial charge >= 0.3 is 0 Å². The molecule has 30 heavy (non-hydrogen) atoms. The summed E-state index contributed by atoms with van der Waals surface area (Å²) >= 11 is 5.20. The summed E-state index contributed by atoms with van der Waals surface area (Å²) in [7, 11) is 1.65. The van der Waals surface area contributed by atoms with E-state index in [0.29, 0.717) is 5.75 Å². The zero-order valence-corrected chi connectivity index (χ0v) is 19.6. The number of methoxy groups -OCH3 is 1. The second-order valence-corrected chi connectivity index (χ2v) is 8.48. The molecule has 0 bridgehead atoms. The molecule has 1 N–H and O–H groups in total. The van der Waals surface area contributed by atoms with Crippen LogP contribution in [-0.4, -0.2) is 29.6 Å². The van der Waals surface area contributed by atoms with Gasteiger partial charge in [-0.1, -0.05) is 30.3 Å². The standard InChI is InChI=1S/C23H24BrN3O2S/c1-16-21(23(24)17(2)27(16)19-7-5-4-6-8-19)13-25-26-22(28)15-30-14-18-9-11-20(29-3)12-10-18/h4-13H,14-15H2,1-3H3,(H,26,28)/b25-13-. The van der Waals surface area contributed by atoms with Crippen LogP contribution in [0, 0.1) is 13.8 Å². The Morgan fingerprint density at radius 2 is 1.83 bits per heavy atom. The molecule has 0 unspecified atom stereocenters. The average Bonchev–Trinajstić information content (AvgIpc) is 2.98. The van der Waals surface area contributed by atoms with E-state index in [1.54, 1.807) is 25.1 Å². The molecule has 0 aliphatic carbocycles. The van der Waals surface area contributed by atoms with Crippen molar-refractivity contribution in [2.24, 2.45) is 5.10 Å². The molecule has 0 saturated carbocycles. The second-order valence-electron chi connectivity index (χ2n) is 6.70. The lowest BCUT2D eigenvalue weighted by Crippen LogP contribution is -2.19. The summed E-state index contributed by atoms with van der Waals surface area (Å²) < 4.78 is 8.28. The molecule has 5 nitrogen and oxygen atoms in total. The van der Waals surface area contributed by atoms with Crippen molar-refractivity contribution in [3.05, 3.63) is 81.6 Å². The number of hydrogen-bond acceptors (Lipinski definition) is 4. The number of carbonyl (C=O) groups excluding carboxylic acids is 1. The van der Waals surface area contributed by atoms with Gasteiger partial charge in [0.15, 0.2) is 0 Å². The van der Waals surface area contributed by atoms with Gasteiger partial charge < -0.3 is 9.30 Å². The second kappa shape index (κ2) is 10.5. The maximum absolute atomic E-state index is 12.1. The number of ether oxygens (including phenoxy) is 1. The summed E-state index contributed by atoms with van der Waals surface area (Å²) in [5.74, 6) is 1.80. The average molecular weight is 486 g/mol. The van der Waals surface area contributed by atoms with Crippen molar-refractivity contribution in [1.82, 2.24) is 9.99 Å². The zero-order chi connectivity index (χ0) is 21.5. The number of benzene rings is 2. The largest absolute Gasteiger partial charge is 0.497 e. The molecule has 0 aliphatic heterocycles. The Morgan fingerprint density at radius 1 is 1.13 bits per heavy atom. The van der Waals surface area contributed by atoms with Crippen LogP contribution in [0.25, 0.3) is 5.69 Å². The van der Waals surface area contributed by atoms with Crippen LogP contribution in [0.5, 0.6) is 5.75 Å². The minimum atomic E-state index is -0.127. The van der Waals surface area contributed by atoms with E-state index in [1.165, 1.54) is 0 Å². The summed E-state index contributed by atoms with van der Waals surface area (Å²) in [5, 5.41) is 4.16. The summed E-state index contributed by atoms with van der Waals surface area (Å²) in [6, 6.07) is 18.0. The fourth-order valence-electron chi connectivity index (χ4n) is 3.12. The number of thioether (sulfide) groups is 1. The van der Waals surface area contributed by atoms with Crippen LogP contribution in [0.3, 0.4) is 0 Å². The number of amides is 1. The first-order valence-corrected chi connectivity index (χ1v) is 11.4. The number of nitrogens with one attached hydrogen (secondary N) is 1. The minimum absolute atomic E-state index is 0.127. The zero-order valence-electron chi connectivity index (χ0n) is 17.2.